The van der Waals surface area contributed by atoms with E-state index in [9.17, 15) is 40.5 Å². The van der Waals surface area contributed by atoms with Crippen LogP contribution in [-0.2, 0) is 4.74 Å². The molecule has 1 aliphatic heterocycles. The number of phenolic OH excluding ortho intramolecular Hbond substituents is 2. The van der Waals surface area contributed by atoms with Crippen LogP contribution in [0, 0.1) is 0 Å². The molecule has 5 atom stereocenters. The molecule has 2 aromatic carbocycles. The Morgan fingerprint density at radius 2 is 1.64 bits per heavy atom. The molecule has 13 heteroatoms. The monoisotopic (exact) mass is 508 g/mol. The maximum Gasteiger partial charge on any atom is 0.238 e. The highest BCUT2D eigenvalue weighted by Gasteiger charge is 2.45. The van der Waals surface area contributed by atoms with Gasteiger partial charge in [-0.2, -0.15) is 0 Å². The van der Waals surface area contributed by atoms with Gasteiger partial charge in [0.15, 0.2) is 28.6 Å². The third-order valence-electron chi connectivity index (χ3n) is 5.78. The molecule has 194 valence electrons. The number of phenols is 2. The number of aliphatic hydroxyl groups excluding tert-OH is 4. The van der Waals surface area contributed by atoms with Crippen molar-refractivity contribution in [2.45, 2.75) is 30.7 Å². The Bertz CT molecular complexity index is 1330. The molecule has 1 aromatic heterocycles. The highest BCUT2D eigenvalue weighted by atomic mass is 16.7. The molecule has 4 rings (SSSR count). The van der Waals surface area contributed by atoms with Gasteiger partial charge < -0.3 is 59.1 Å². The van der Waals surface area contributed by atoms with E-state index in [-0.39, 0.29) is 39.5 Å². The predicted octanol–water partition coefficient (Wildman–Crippen LogP) is -0.227. The number of fused-ring (bicyclic) bond motifs is 1. The van der Waals surface area contributed by atoms with Crippen LogP contribution < -0.4 is 19.6 Å². The van der Waals surface area contributed by atoms with Crippen LogP contribution in [0.15, 0.2) is 33.5 Å². The number of benzene rings is 2. The topological polar surface area (TPSA) is 209 Å². The van der Waals surface area contributed by atoms with E-state index in [1.54, 1.807) is 0 Å². The lowest BCUT2D eigenvalue weighted by atomic mass is 9.99. The summed E-state index contributed by atoms with van der Waals surface area (Å²) in [5, 5.41) is 70.1. The van der Waals surface area contributed by atoms with Crippen LogP contribution >= 0.6 is 0 Å². The van der Waals surface area contributed by atoms with Gasteiger partial charge in [0, 0.05) is 11.6 Å². The maximum atomic E-state index is 12.8. The third kappa shape index (κ3) is 4.12. The molecule has 36 heavy (non-hydrogen) atoms. The fourth-order valence-corrected chi connectivity index (χ4v) is 3.88. The second-order valence-corrected chi connectivity index (χ2v) is 7.94. The van der Waals surface area contributed by atoms with Gasteiger partial charge in [0.2, 0.25) is 23.2 Å². The number of aromatic hydroxyl groups is 3. The zero-order valence-corrected chi connectivity index (χ0v) is 19.0. The van der Waals surface area contributed by atoms with E-state index in [0.717, 1.165) is 12.1 Å². The molecule has 7 N–H and O–H groups in total. The number of ether oxygens (including phenoxy) is 4. The molecule has 1 saturated heterocycles. The first-order valence-corrected chi connectivity index (χ1v) is 10.6. The summed E-state index contributed by atoms with van der Waals surface area (Å²) in [5.41, 5.74) is -1.16. The van der Waals surface area contributed by atoms with Gasteiger partial charge in [-0.3, -0.25) is 4.79 Å². The van der Waals surface area contributed by atoms with Gasteiger partial charge in [0.25, 0.3) is 0 Å². The van der Waals surface area contributed by atoms with Gasteiger partial charge in [0.1, 0.15) is 35.6 Å². The zero-order valence-electron chi connectivity index (χ0n) is 19.0. The van der Waals surface area contributed by atoms with Crippen LogP contribution in [0.25, 0.3) is 22.3 Å². The molecule has 0 spiro atoms. The van der Waals surface area contributed by atoms with Gasteiger partial charge in [-0.25, -0.2) is 0 Å². The van der Waals surface area contributed by atoms with Crippen molar-refractivity contribution in [2.75, 3.05) is 20.8 Å². The molecule has 0 unspecified atom stereocenters. The van der Waals surface area contributed by atoms with Crippen molar-refractivity contribution in [2.24, 2.45) is 0 Å². The summed E-state index contributed by atoms with van der Waals surface area (Å²) in [4.78, 5) is 12.8. The van der Waals surface area contributed by atoms with Crippen molar-refractivity contribution < 1.29 is 59.1 Å². The lowest BCUT2D eigenvalue weighted by Gasteiger charge is -2.39. The lowest BCUT2D eigenvalue weighted by Crippen LogP contribution is -2.60. The number of methoxy groups -OCH3 is 2. The maximum absolute atomic E-state index is 12.8. The van der Waals surface area contributed by atoms with Crippen molar-refractivity contribution in [1.29, 1.82) is 0 Å². The Morgan fingerprint density at radius 3 is 2.25 bits per heavy atom. The molecule has 13 nitrogen and oxygen atoms in total. The second kappa shape index (κ2) is 9.72. The van der Waals surface area contributed by atoms with Gasteiger partial charge in [-0.15, -0.1) is 0 Å². The SMILES string of the molecule is COc1cc(O)c2c(=O)c(O)c(-c3ccc(O[C@@H]4O[C@H](CO)[C@@H](O)[C@@H](O)[C@H]4O)c(O)c3)oc2c1OC. The van der Waals surface area contributed by atoms with E-state index in [1.165, 1.54) is 26.4 Å². The van der Waals surface area contributed by atoms with Crippen LogP contribution in [0.3, 0.4) is 0 Å². The van der Waals surface area contributed by atoms with Crippen LogP contribution in [0.4, 0.5) is 0 Å². The van der Waals surface area contributed by atoms with Crippen LogP contribution in [0.2, 0.25) is 0 Å². The summed E-state index contributed by atoms with van der Waals surface area (Å²) in [6.45, 7) is -0.667. The first-order valence-electron chi connectivity index (χ1n) is 10.6. The molecule has 0 saturated carbocycles. The largest absolute Gasteiger partial charge is 0.507 e. The van der Waals surface area contributed by atoms with Gasteiger partial charge in [0.05, 0.1) is 20.8 Å². The minimum absolute atomic E-state index is 0.0181. The minimum atomic E-state index is -1.71. The Morgan fingerprint density at radius 1 is 0.917 bits per heavy atom. The van der Waals surface area contributed by atoms with Crippen molar-refractivity contribution in [1.82, 2.24) is 0 Å². The van der Waals surface area contributed by atoms with E-state index in [1.807, 2.05) is 0 Å². The quantitative estimate of drug-likeness (QED) is 0.230. The summed E-state index contributed by atoms with van der Waals surface area (Å²) in [5.74, 6) is -2.46. The first kappa shape index (κ1) is 25.3. The lowest BCUT2D eigenvalue weighted by molar-refractivity contribution is -0.277. The summed E-state index contributed by atoms with van der Waals surface area (Å²) in [6.07, 6.45) is -7.75. The summed E-state index contributed by atoms with van der Waals surface area (Å²) < 4.78 is 26.8. The van der Waals surface area contributed by atoms with Crippen molar-refractivity contribution >= 4 is 11.0 Å². The molecular weight excluding hydrogens is 484 g/mol. The molecular formula is C23H24O13. The van der Waals surface area contributed by atoms with Crippen LogP contribution in [-0.4, -0.2) is 87.3 Å². The van der Waals surface area contributed by atoms with Crippen LogP contribution in [0.1, 0.15) is 0 Å². The van der Waals surface area contributed by atoms with E-state index in [2.05, 4.69) is 0 Å². The smallest absolute Gasteiger partial charge is 0.238 e. The van der Waals surface area contributed by atoms with Gasteiger partial charge >= 0.3 is 0 Å². The predicted molar refractivity (Wildman–Crippen MR) is 120 cm³/mol. The van der Waals surface area contributed by atoms with Crippen LogP contribution in [0.5, 0.6) is 34.5 Å². The standard InChI is InChI=1S/C23H24O13/c1-32-12-6-10(26)14-16(28)18(30)20(36-22(14)21(12)33-2)8-3-4-11(9(25)5-8)34-23-19(31)17(29)15(27)13(7-24)35-23/h3-6,13,15,17,19,23-27,29-31H,7H2,1-2H3/t13-,15-,17-,19-,23-/m1/s1. The Labute approximate surface area is 202 Å². The second-order valence-electron chi connectivity index (χ2n) is 7.94. The number of hydrogen-bond acceptors (Lipinski definition) is 13. The number of aliphatic hydroxyl groups is 4. The number of rotatable bonds is 6. The third-order valence-corrected chi connectivity index (χ3v) is 5.78. The Balaban J connectivity index is 1.74. The molecule has 3 aromatic rings. The van der Waals surface area contributed by atoms with E-state index in [0.29, 0.717) is 0 Å². The number of hydrogen-bond donors (Lipinski definition) is 7. The molecule has 0 radical (unpaired) electrons. The molecule has 1 fully saturated rings. The van der Waals surface area contributed by atoms with Crippen molar-refractivity contribution in [3.63, 3.8) is 0 Å². The molecule has 2 heterocycles. The normalized spacial score (nSPS) is 24.0. The first-order chi connectivity index (χ1) is 17.1. The summed E-state index contributed by atoms with van der Waals surface area (Å²) in [6, 6.07) is 4.72. The van der Waals surface area contributed by atoms with Crippen molar-refractivity contribution in [3.05, 3.63) is 34.5 Å². The average molecular weight is 508 g/mol. The fraction of sp³-hybridized carbons (Fsp3) is 0.348. The van der Waals surface area contributed by atoms with Crippen molar-refractivity contribution in [3.8, 4) is 45.8 Å². The summed E-state index contributed by atoms with van der Waals surface area (Å²) >= 11 is 0. The van der Waals surface area contributed by atoms with E-state index in [4.69, 9.17) is 23.4 Å². The van der Waals surface area contributed by atoms with Gasteiger partial charge in [-0.05, 0) is 18.2 Å². The molecule has 0 aliphatic carbocycles. The fourth-order valence-electron chi connectivity index (χ4n) is 3.88. The average Bonchev–Trinajstić information content (AvgIpc) is 2.86. The zero-order chi connectivity index (χ0) is 26.3. The highest BCUT2D eigenvalue weighted by molar-refractivity contribution is 5.93. The molecule has 0 amide bonds. The van der Waals surface area contributed by atoms with E-state index >= 15 is 0 Å². The minimum Gasteiger partial charge on any atom is -0.507 e. The molecule has 1 aliphatic rings. The van der Waals surface area contributed by atoms with E-state index < -0.39 is 60.0 Å². The Kier molecular flexibility index (Phi) is 6.84. The highest BCUT2D eigenvalue weighted by Crippen LogP contribution is 2.44. The van der Waals surface area contributed by atoms with Gasteiger partial charge in [-0.1, -0.05) is 0 Å². The Hall–Kier alpha value is -3.75. The molecule has 0 bridgehead atoms. The summed E-state index contributed by atoms with van der Waals surface area (Å²) in [7, 11) is 2.60.